The van der Waals surface area contributed by atoms with E-state index in [0.29, 0.717) is 6.54 Å². The molecule has 2 rings (SSSR count). The van der Waals surface area contributed by atoms with Gasteiger partial charge in [-0.25, -0.2) is 9.67 Å². The van der Waals surface area contributed by atoms with Gasteiger partial charge in [0.25, 0.3) is 0 Å². The smallest absolute Gasteiger partial charge is 0.148 e. The summed E-state index contributed by atoms with van der Waals surface area (Å²) in [6.07, 6.45) is 0. The topological polar surface area (TPSA) is 56.7 Å². The zero-order chi connectivity index (χ0) is 13.1. The summed E-state index contributed by atoms with van der Waals surface area (Å²) in [6, 6.07) is 6.20. The van der Waals surface area contributed by atoms with Crippen LogP contribution in [-0.4, -0.2) is 20.5 Å². The number of nitrogens with two attached hydrogens (primary N) is 1. The summed E-state index contributed by atoms with van der Waals surface area (Å²) in [4.78, 5) is 5.57. The average Bonchev–Trinajstić information content (AvgIpc) is 2.68. The molecule has 2 N–H and O–H groups in total. The number of hydrogen-bond acceptors (Lipinski definition) is 4. The molecule has 4 nitrogen and oxygen atoms in total. The van der Waals surface area contributed by atoms with Gasteiger partial charge in [0, 0.05) is 17.0 Å². The van der Waals surface area contributed by atoms with Crippen molar-refractivity contribution in [2.75, 3.05) is 5.75 Å². The lowest BCUT2D eigenvalue weighted by Gasteiger charge is -2.13. The molecule has 0 fully saturated rings. The van der Waals surface area contributed by atoms with Gasteiger partial charge in [-0.05, 0) is 31.7 Å². The lowest BCUT2D eigenvalue weighted by Crippen LogP contribution is -2.08. The van der Waals surface area contributed by atoms with Gasteiger partial charge in [-0.15, -0.1) is 11.8 Å². The summed E-state index contributed by atoms with van der Waals surface area (Å²) < 4.78 is 1.87. The monoisotopic (exact) mass is 262 g/mol. The second-order valence-corrected chi connectivity index (χ2v) is 5.31. The number of thioether (sulfide) groups is 1. The molecular weight excluding hydrogens is 244 g/mol. The maximum Gasteiger partial charge on any atom is 0.148 e. The van der Waals surface area contributed by atoms with E-state index in [1.807, 2.05) is 30.7 Å². The van der Waals surface area contributed by atoms with Gasteiger partial charge in [0.2, 0.25) is 0 Å². The summed E-state index contributed by atoms with van der Waals surface area (Å²) in [5.74, 6) is 2.70. The molecule has 18 heavy (non-hydrogen) atoms. The van der Waals surface area contributed by atoms with E-state index < -0.39 is 0 Å². The zero-order valence-corrected chi connectivity index (χ0v) is 11.8. The Morgan fingerprint density at radius 3 is 2.67 bits per heavy atom. The Kier molecular flexibility index (Phi) is 4.04. The predicted molar refractivity (Wildman–Crippen MR) is 75.1 cm³/mol. The van der Waals surface area contributed by atoms with Crippen LogP contribution >= 0.6 is 11.8 Å². The van der Waals surface area contributed by atoms with Crippen LogP contribution < -0.4 is 5.73 Å². The fourth-order valence-electron chi connectivity index (χ4n) is 2.00. The molecule has 0 unspecified atom stereocenters. The second kappa shape index (κ2) is 5.54. The molecule has 0 aliphatic carbocycles. The fourth-order valence-corrected chi connectivity index (χ4v) is 2.85. The maximum absolute atomic E-state index is 5.90. The number of hydrogen-bond donors (Lipinski definition) is 1. The highest BCUT2D eigenvalue weighted by Crippen LogP contribution is 2.27. The van der Waals surface area contributed by atoms with Gasteiger partial charge < -0.3 is 5.73 Å². The summed E-state index contributed by atoms with van der Waals surface area (Å²) >= 11 is 1.81. The molecule has 0 saturated carbocycles. The molecule has 0 atom stereocenters. The van der Waals surface area contributed by atoms with E-state index in [1.54, 1.807) is 11.8 Å². The van der Waals surface area contributed by atoms with E-state index >= 15 is 0 Å². The van der Waals surface area contributed by atoms with Crippen molar-refractivity contribution in [3.8, 4) is 5.69 Å². The van der Waals surface area contributed by atoms with E-state index in [2.05, 4.69) is 23.1 Å². The highest BCUT2D eigenvalue weighted by molar-refractivity contribution is 7.99. The molecule has 0 radical (unpaired) electrons. The Hall–Kier alpha value is -1.33. The van der Waals surface area contributed by atoms with Crippen molar-refractivity contribution < 1.29 is 0 Å². The molecule has 0 aliphatic rings. The van der Waals surface area contributed by atoms with Gasteiger partial charge in [0.1, 0.15) is 11.6 Å². The molecule has 0 aliphatic heterocycles. The third kappa shape index (κ3) is 2.42. The normalized spacial score (nSPS) is 10.9. The Labute approximate surface area is 112 Å². The minimum absolute atomic E-state index is 0.511. The van der Waals surface area contributed by atoms with Crippen LogP contribution in [0.1, 0.15) is 24.1 Å². The lowest BCUT2D eigenvalue weighted by atomic mass is 10.2. The molecular formula is C13H18N4S. The quantitative estimate of drug-likeness (QED) is 0.860. The molecule has 1 aromatic heterocycles. The van der Waals surface area contributed by atoms with Crippen LogP contribution in [0.2, 0.25) is 0 Å². The van der Waals surface area contributed by atoms with Crippen LogP contribution in [0.3, 0.4) is 0 Å². The van der Waals surface area contributed by atoms with Crippen LogP contribution in [0.4, 0.5) is 0 Å². The van der Waals surface area contributed by atoms with Gasteiger partial charge in [0.05, 0.1) is 5.69 Å². The molecule has 0 spiro atoms. The van der Waals surface area contributed by atoms with Crippen LogP contribution in [-0.2, 0) is 6.54 Å². The van der Waals surface area contributed by atoms with Crippen molar-refractivity contribution in [2.24, 2.45) is 5.73 Å². The van der Waals surface area contributed by atoms with E-state index in [9.17, 15) is 0 Å². The van der Waals surface area contributed by atoms with Crippen molar-refractivity contribution >= 4 is 11.8 Å². The van der Waals surface area contributed by atoms with Crippen molar-refractivity contribution in [1.82, 2.24) is 14.8 Å². The number of aromatic nitrogens is 3. The van der Waals surface area contributed by atoms with E-state index in [1.165, 1.54) is 4.90 Å². The second-order valence-electron chi connectivity index (χ2n) is 4.01. The average molecular weight is 262 g/mol. The zero-order valence-electron chi connectivity index (χ0n) is 11.0. The van der Waals surface area contributed by atoms with Gasteiger partial charge in [-0.2, -0.15) is 5.10 Å². The maximum atomic E-state index is 5.90. The molecule has 96 valence electrons. The molecule has 0 saturated heterocycles. The predicted octanol–water partition coefficient (Wildman–Crippen LogP) is 2.45. The third-order valence-electron chi connectivity index (χ3n) is 2.72. The van der Waals surface area contributed by atoms with Crippen molar-refractivity contribution in [2.45, 2.75) is 32.2 Å². The fraction of sp³-hybridized carbons (Fsp3) is 0.385. The van der Waals surface area contributed by atoms with Crippen molar-refractivity contribution in [3.05, 3.63) is 35.4 Å². The minimum Gasteiger partial charge on any atom is -0.326 e. The molecule has 1 heterocycles. The number of rotatable bonds is 4. The Morgan fingerprint density at radius 2 is 2.11 bits per heavy atom. The first-order chi connectivity index (χ1) is 8.67. The SMILES string of the molecule is CCSc1cccc(-n2nc(C)nc2C)c1CN. The summed E-state index contributed by atoms with van der Waals surface area (Å²) in [5, 5.41) is 4.43. The van der Waals surface area contributed by atoms with Crippen LogP contribution in [0.15, 0.2) is 23.1 Å². The minimum atomic E-state index is 0.511. The molecule has 5 heteroatoms. The standard InChI is InChI=1S/C13H18N4S/c1-4-18-13-7-5-6-12(11(13)8-14)17-10(3)15-9(2)16-17/h5-7H,4,8,14H2,1-3H3. The van der Waals surface area contributed by atoms with Crippen LogP contribution in [0.5, 0.6) is 0 Å². The summed E-state index contributed by atoms with van der Waals surface area (Å²) in [7, 11) is 0. The summed E-state index contributed by atoms with van der Waals surface area (Å²) in [5.41, 5.74) is 8.07. The molecule has 0 bridgehead atoms. The van der Waals surface area contributed by atoms with Gasteiger partial charge >= 0.3 is 0 Å². The van der Waals surface area contributed by atoms with Crippen molar-refractivity contribution in [3.63, 3.8) is 0 Å². The Balaban J connectivity index is 2.56. The number of benzene rings is 1. The first-order valence-electron chi connectivity index (χ1n) is 6.02. The van der Waals surface area contributed by atoms with E-state index in [-0.39, 0.29) is 0 Å². The van der Waals surface area contributed by atoms with Gasteiger partial charge in [-0.1, -0.05) is 13.0 Å². The largest absolute Gasteiger partial charge is 0.326 e. The van der Waals surface area contributed by atoms with Crippen LogP contribution in [0.25, 0.3) is 5.69 Å². The lowest BCUT2D eigenvalue weighted by molar-refractivity contribution is 0.808. The Bertz CT molecular complexity index is 548. The Morgan fingerprint density at radius 1 is 1.33 bits per heavy atom. The first kappa shape index (κ1) is 13.1. The highest BCUT2D eigenvalue weighted by atomic mass is 32.2. The number of aryl methyl sites for hydroxylation is 2. The van der Waals surface area contributed by atoms with Crippen molar-refractivity contribution in [1.29, 1.82) is 0 Å². The molecule has 1 aromatic carbocycles. The number of nitrogens with zero attached hydrogens (tertiary/aromatic N) is 3. The first-order valence-corrected chi connectivity index (χ1v) is 7.01. The van der Waals surface area contributed by atoms with Gasteiger partial charge in [0.15, 0.2) is 0 Å². The third-order valence-corrected chi connectivity index (χ3v) is 3.70. The highest BCUT2D eigenvalue weighted by Gasteiger charge is 2.12. The molecule has 2 aromatic rings. The van der Waals surface area contributed by atoms with E-state index in [4.69, 9.17) is 5.73 Å². The van der Waals surface area contributed by atoms with E-state index in [0.717, 1.165) is 28.7 Å². The summed E-state index contributed by atoms with van der Waals surface area (Å²) in [6.45, 7) is 6.51. The van der Waals surface area contributed by atoms with Gasteiger partial charge in [-0.3, -0.25) is 0 Å². The molecule has 0 amide bonds. The van der Waals surface area contributed by atoms with Crippen LogP contribution in [0, 0.1) is 13.8 Å².